The van der Waals surface area contributed by atoms with Crippen LogP contribution in [0.3, 0.4) is 0 Å². The quantitative estimate of drug-likeness (QED) is 0.872. The molecule has 0 atom stereocenters. The molecule has 2 heterocycles. The van der Waals surface area contributed by atoms with Crippen LogP contribution in [0.4, 0.5) is 5.69 Å². The molecule has 0 unspecified atom stereocenters. The number of hydrogen-bond donors (Lipinski definition) is 1. The lowest BCUT2D eigenvalue weighted by atomic mass is 10.4. The van der Waals surface area contributed by atoms with Gasteiger partial charge in [-0.2, -0.15) is 0 Å². The average molecular weight is 339 g/mol. The third-order valence-corrected chi connectivity index (χ3v) is 4.30. The van der Waals surface area contributed by atoms with Crippen LogP contribution >= 0.6 is 34.8 Å². The Morgan fingerprint density at radius 2 is 1.84 bits per heavy atom. The van der Waals surface area contributed by atoms with Gasteiger partial charge in [0.05, 0.1) is 10.7 Å². The zero-order valence-corrected chi connectivity index (χ0v) is 12.2. The van der Waals surface area contributed by atoms with Crippen LogP contribution in [0.5, 0.6) is 0 Å². The summed E-state index contributed by atoms with van der Waals surface area (Å²) in [6.45, 7) is 0. The van der Waals surface area contributed by atoms with E-state index in [0.717, 1.165) is 6.20 Å². The molecule has 0 radical (unpaired) electrons. The van der Waals surface area contributed by atoms with Crippen molar-refractivity contribution in [2.45, 2.75) is 4.90 Å². The highest BCUT2D eigenvalue weighted by atomic mass is 35.5. The van der Waals surface area contributed by atoms with Crippen molar-refractivity contribution < 1.29 is 8.42 Å². The van der Waals surface area contributed by atoms with Gasteiger partial charge in [-0.15, -0.1) is 0 Å². The maximum atomic E-state index is 12.1. The number of rotatable bonds is 3. The van der Waals surface area contributed by atoms with E-state index in [0.29, 0.717) is 0 Å². The van der Waals surface area contributed by atoms with E-state index >= 15 is 0 Å². The Labute approximate surface area is 124 Å². The maximum absolute atomic E-state index is 12.1. The summed E-state index contributed by atoms with van der Waals surface area (Å²) in [7, 11) is -3.81. The minimum absolute atomic E-state index is 0.0348. The number of halogens is 3. The van der Waals surface area contributed by atoms with Crippen LogP contribution in [0.2, 0.25) is 15.3 Å². The van der Waals surface area contributed by atoms with Crippen molar-refractivity contribution in [3.05, 3.63) is 45.9 Å². The number of anilines is 1. The molecule has 0 saturated carbocycles. The first-order chi connectivity index (χ1) is 8.88. The predicted octanol–water partition coefficient (Wildman–Crippen LogP) is 3.24. The first-order valence-electron chi connectivity index (χ1n) is 4.84. The van der Waals surface area contributed by atoms with E-state index in [-0.39, 0.29) is 25.9 Å². The first-order valence-corrected chi connectivity index (χ1v) is 7.45. The Morgan fingerprint density at radius 3 is 2.47 bits per heavy atom. The monoisotopic (exact) mass is 337 g/mol. The number of aromatic nitrogens is 2. The maximum Gasteiger partial charge on any atom is 0.263 e. The summed E-state index contributed by atoms with van der Waals surface area (Å²) < 4.78 is 26.4. The summed E-state index contributed by atoms with van der Waals surface area (Å²) in [6.07, 6.45) is 2.49. The van der Waals surface area contributed by atoms with E-state index in [1.165, 1.54) is 24.4 Å². The Kier molecular flexibility index (Phi) is 4.15. The van der Waals surface area contributed by atoms with Crippen molar-refractivity contribution in [3.8, 4) is 0 Å². The molecule has 5 nitrogen and oxygen atoms in total. The molecule has 2 aromatic rings. The second kappa shape index (κ2) is 5.50. The first kappa shape index (κ1) is 14.3. The third-order valence-electron chi connectivity index (χ3n) is 2.06. The highest BCUT2D eigenvalue weighted by Crippen LogP contribution is 2.24. The molecule has 19 heavy (non-hydrogen) atoms. The SMILES string of the molecule is O=S(=O)(Nc1ccnc(Cl)c1)c1cnc(Cl)c(Cl)c1. The molecule has 0 bridgehead atoms. The molecule has 9 heteroatoms. The molecular weight excluding hydrogens is 333 g/mol. The van der Waals surface area contributed by atoms with Gasteiger partial charge < -0.3 is 0 Å². The Balaban J connectivity index is 2.35. The van der Waals surface area contributed by atoms with E-state index in [2.05, 4.69) is 14.7 Å². The summed E-state index contributed by atoms with van der Waals surface area (Å²) in [5, 5.41) is 0.261. The van der Waals surface area contributed by atoms with Crippen molar-refractivity contribution in [2.24, 2.45) is 0 Å². The van der Waals surface area contributed by atoms with Crippen LogP contribution in [0.15, 0.2) is 35.5 Å². The number of hydrogen-bond acceptors (Lipinski definition) is 4. The Hall–Kier alpha value is -1.08. The van der Waals surface area contributed by atoms with E-state index in [9.17, 15) is 8.42 Å². The molecule has 0 amide bonds. The lowest BCUT2D eigenvalue weighted by Gasteiger charge is -2.08. The Morgan fingerprint density at radius 1 is 1.11 bits per heavy atom. The second-order valence-corrected chi connectivity index (χ2v) is 6.25. The largest absolute Gasteiger partial charge is 0.279 e. The minimum Gasteiger partial charge on any atom is -0.279 e. The van der Waals surface area contributed by atoms with Crippen molar-refractivity contribution in [1.82, 2.24) is 9.97 Å². The molecule has 0 aliphatic rings. The topological polar surface area (TPSA) is 72.0 Å². The minimum atomic E-state index is -3.81. The van der Waals surface area contributed by atoms with Gasteiger partial charge in [0.15, 0.2) is 0 Å². The van der Waals surface area contributed by atoms with Crippen LogP contribution in [-0.4, -0.2) is 18.4 Å². The fourth-order valence-corrected chi connectivity index (χ4v) is 2.76. The zero-order chi connectivity index (χ0) is 14.0. The molecule has 0 aliphatic heterocycles. The third kappa shape index (κ3) is 3.48. The summed E-state index contributed by atoms with van der Waals surface area (Å²) in [4.78, 5) is 7.33. The highest BCUT2D eigenvalue weighted by molar-refractivity contribution is 7.92. The molecule has 100 valence electrons. The number of sulfonamides is 1. The standard InChI is InChI=1S/C10H6Cl3N3O2S/c11-8-4-7(5-15-10(8)13)19(17,18)16-6-1-2-14-9(12)3-6/h1-5H,(H,14,16). The molecule has 0 aliphatic carbocycles. The number of nitrogens with one attached hydrogen (secondary N) is 1. The van der Waals surface area contributed by atoms with Crippen LogP contribution in [0.1, 0.15) is 0 Å². The van der Waals surface area contributed by atoms with Gasteiger partial charge in [-0.1, -0.05) is 34.8 Å². The van der Waals surface area contributed by atoms with Gasteiger partial charge in [-0.25, -0.2) is 18.4 Å². The van der Waals surface area contributed by atoms with Gasteiger partial charge >= 0.3 is 0 Å². The fourth-order valence-electron chi connectivity index (χ4n) is 1.23. The number of nitrogens with zero attached hydrogens (tertiary/aromatic N) is 2. The van der Waals surface area contributed by atoms with Gasteiger partial charge in [-0.05, 0) is 18.2 Å². The predicted molar refractivity (Wildman–Crippen MR) is 74.3 cm³/mol. The van der Waals surface area contributed by atoms with Gasteiger partial charge in [0.25, 0.3) is 10.0 Å². The lowest BCUT2D eigenvalue weighted by molar-refractivity contribution is 0.601. The molecule has 0 fully saturated rings. The fraction of sp³-hybridized carbons (Fsp3) is 0. The van der Waals surface area contributed by atoms with Crippen LogP contribution in [0.25, 0.3) is 0 Å². The normalized spacial score (nSPS) is 11.3. The molecule has 0 saturated heterocycles. The molecule has 2 rings (SSSR count). The highest BCUT2D eigenvalue weighted by Gasteiger charge is 2.16. The van der Waals surface area contributed by atoms with Crippen molar-refractivity contribution >= 4 is 50.5 Å². The average Bonchev–Trinajstić information content (AvgIpc) is 2.32. The summed E-state index contributed by atoms with van der Waals surface area (Å²) in [5.74, 6) is 0. The van der Waals surface area contributed by atoms with Crippen molar-refractivity contribution in [2.75, 3.05) is 4.72 Å². The van der Waals surface area contributed by atoms with E-state index in [1.54, 1.807) is 0 Å². The summed E-state index contributed by atoms with van der Waals surface area (Å²) in [6, 6.07) is 4.06. The van der Waals surface area contributed by atoms with E-state index in [1.807, 2.05) is 0 Å². The zero-order valence-electron chi connectivity index (χ0n) is 9.14. The van der Waals surface area contributed by atoms with Crippen LogP contribution < -0.4 is 4.72 Å². The number of pyridine rings is 2. The lowest BCUT2D eigenvalue weighted by Crippen LogP contribution is -2.13. The van der Waals surface area contributed by atoms with Gasteiger partial charge in [-0.3, -0.25) is 4.72 Å². The second-order valence-electron chi connectivity index (χ2n) is 3.42. The van der Waals surface area contributed by atoms with Crippen molar-refractivity contribution in [3.63, 3.8) is 0 Å². The van der Waals surface area contributed by atoms with E-state index < -0.39 is 10.0 Å². The Bertz CT molecular complexity index is 722. The molecule has 0 aromatic carbocycles. The van der Waals surface area contributed by atoms with Crippen LogP contribution in [-0.2, 0) is 10.0 Å². The van der Waals surface area contributed by atoms with Gasteiger partial charge in [0.2, 0.25) is 0 Å². The molecule has 0 spiro atoms. The molecular formula is C10H6Cl3N3O2S. The van der Waals surface area contributed by atoms with Crippen LogP contribution in [0, 0.1) is 0 Å². The summed E-state index contributed by atoms with van der Waals surface area (Å²) in [5.41, 5.74) is 0.283. The summed E-state index contributed by atoms with van der Waals surface area (Å²) >= 11 is 17.0. The van der Waals surface area contributed by atoms with Gasteiger partial charge in [0, 0.05) is 12.4 Å². The smallest absolute Gasteiger partial charge is 0.263 e. The van der Waals surface area contributed by atoms with E-state index in [4.69, 9.17) is 34.8 Å². The van der Waals surface area contributed by atoms with Crippen molar-refractivity contribution in [1.29, 1.82) is 0 Å². The van der Waals surface area contributed by atoms with Gasteiger partial charge in [0.1, 0.15) is 15.2 Å². The molecule has 1 N–H and O–H groups in total. The molecule has 2 aromatic heterocycles.